The lowest BCUT2D eigenvalue weighted by molar-refractivity contribution is 0.146. The lowest BCUT2D eigenvalue weighted by atomic mass is 9.90. The highest BCUT2D eigenvalue weighted by atomic mass is 16.3. The van der Waals surface area contributed by atoms with Crippen molar-refractivity contribution in [3.05, 3.63) is 0 Å². The Bertz CT molecular complexity index is 181. The smallest absolute Gasteiger partial charge is 0.0493 e. The monoisotopic (exact) mass is 199 g/mol. The van der Waals surface area contributed by atoms with E-state index in [4.69, 9.17) is 0 Å². The number of nitrogens with zero attached hydrogens (tertiary/aromatic N) is 1. The zero-order chi connectivity index (χ0) is 10.8. The van der Waals surface area contributed by atoms with Crippen LogP contribution in [0.3, 0.4) is 0 Å². The maximum atomic E-state index is 9.42. The summed E-state index contributed by atoms with van der Waals surface area (Å²) in [5.41, 5.74) is 0.252. The standard InChI is InChI=1S/C12H25NO/c1-5-6-13(4)8-11-7-12(11,9-14)10(2)3/h10-11,14H,5-9H2,1-4H3. The zero-order valence-electron chi connectivity index (χ0n) is 10.1. The normalized spacial score (nSPS) is 31.5. The molecule has 14 heavy (non-hydrogen) atoms. The van der Waals surface area contributed by atoms with Crippen LogP contribution in [0.5, 0.6) is 0 Å². The Kier molecular flexibility index (Phi) is 3.96. The predicted octanol–water partition coefficient (Wildman–Crippen LogP) is 1.98. The van der Waals surface area contributed by atoms with Crippen LogP contribution >= 0.6 is 0 Å². The second-order valence-electron chi connectivity index (χ2n) is 5.21. The first-order valence-electron chi connectivity index (χ1n) is 5.86. The van der Waals surface area contributed by atoms with Gasteiger partial charge in [0.1, 0.15) is 0 Å². The molecule has 1 N–H and O–H groups in total. The Morgan fingerprint density at radius 2 is 2.14 bits per heavy atom. The van der Waals surface area contributed by atoms with Gasteiger partial charge in [0, 0.05) is 18.6 Å². The summed E-state index contributed by atoms with van der Waals surface area (Å²) in [5, 5.41) is 9.42. The van der Waals surface area contributed by atoms with Crippen molar-refractivity contribution in [2.24, 2.45) is 17.3 Å². The van der Waals surface area contributed by atoms with Gasteiger partial charge in [-0.3, -0.25) is 0 Å². The topological polar surface area (TPSA) is 23.5 Å². The second-order valence-corrected chi connectivity index (χ2v) is 5.21. The highest BCUT2D eigenvalue weighted by molar-refractivity contribution is 5.04. The van der Waals surface area contributed by atoms with Crippen LogP contribution in [0.2, 0.25) is 0 Å². The summed E-state index contributed by atoms with van der Waals surface area (Å²) in [5.74, 6) is 1.34. The minimum Gasteiger partial charge on any atom is -0.396 e. The molecule has 1 saturated carbocycles. The molecule has 2 heteroatoms. The molecule has 2 nitrogen and oxygen atoms in total. The second kappa shape index (κ2) is 4.63. The van der Waals surface area contributed by atoms with Crippen molar-refractivity contribution in [3.8, 4) is 0 Å². The molecule has 1 fully saturated rings. The summed E-state index contributed by atoms with van der Waals surface area (Å²) < 4.78 is 0. The first kappa shape index (κ1) is 12.0. The highest BCUT2D eigenvalue weighted by Gasteiger charge is 2.55. The molecule has 1 rings (SSSR count). The summed E-state index contributed by atoms with van der Waals surface area (Å²) in [6.07, 6.45) is 2.44. The summed E-state index contributed by atoms with van der Waals surface area (Å²) in [4.78, 5) is 2.39. The van der Waals surface area contributed by atoms with Crippen molar-refractivity contribution in [1.29, 1.82) is 0 Å². The molecule has 0 aliphatic heterocycles. The molecule has 1 aliphatic rings. The lowest BCUT2D eigenvalue weighted by Gasteiger charge is -2.22. The van der Waals surface area contributed by atoms with Crippen molar-refractivity contribution >= 4 is 0 Å². The number of hydrogen-bond acceptors (Lipinski definition) is 2. The number of aliphatic hydroxyl groups is 1. The molecule has 84 valence electrons. The van der Waals surface area contributed by atoms with E-state index in [0.717, 1.165) is 12.5 Å². The Morgan fingerprint density at radius 1 is 1.50 bits per heavy atom. The van der Waals surface area contributed by atoms with Gasteiger partial charge in [-0.15, -0.1) is 0 Å². The van der Waals surface area contributed by atoms with Gasteiger partial charge in [0.15, 0.2) is 0 Å². The molecule has 0 radical (unpaired) electrons. The summed E-state index contributed by atoms with van der Waals surface area (Å²) in [7, 11) is 2.18. The van der Waals surface area contributed by atoms with Crippen molar-refractivity contribution in [3.63, 3.8) is 0 Å². The third-order valence-electron chi connectivity index (χ3n) is 3.86. The fourth-order valence-electron chi connectivity index (χ4n) is 2.58. The van der Waals surface area contributed by atoms with E-state index in [0.29, 0.717) is 12.5 Å². The van der Waals surface area contributed by atoms with Crippen LogP contribution in [0.1, 0.15) is 33.6 Å². The molecule has 0 bridgehead atoms. The zero-order valence-corrected chi connectivity index (χ0v) is 10.1. The van der Waals surface area contributed by atoms with E-state index in [1.54, 1.807) is 0 Å². The largest absolute Gasteiger partial charge is 0.396 e. The average Bonchev–Trinajstić information content (AvgIpc) is 2.80. The molecule has 1 aliphatic carbocycles. The number of rotatable bonds is 6. The third-order valence-corrected chi connectivity index (χ3v) is 3.86. The van der Waals surface area contributed by atoms with Gasteiger partial charge in [-0.2, -0.15) is 0 Å². The van der Waals surface area contributed by atoms with Gasteiger partial charge in [0.2, 0.25) is 0 Å². The maximum Gasteiger partial charge on any atom is 0.0493 e. The van der Waals surface area contributed by atoms with Gasteiger partial charge in [-0.05, 0) is 38.3 Å². The number of aliphatic hydroxyl groups excluding tert-OH is 1. The summed E-state index contributed by atoms with van der Waals surface area (Å²) in [6.45, 7) is 9.38. The van der Waals surface area contributed by atoms with Crippen LogP contribution in [-0.4, -0.2) is 36.8 Å². The first-order valence-corrected chi connectivity index (χ1v) is 5.86. The van der Waals surface area contributed by atoms with Crippen molar-refractivity contribution < 1.29 is 5.11 Å². The lowest BCUT2D eigenvalue weighted by Crippen LogP contribution is -2.26. The van der Waals surface area contributed by atoms with Gasteiger partial charge >= 0.3 is 0 Å². The molecule has 0 heterocycles. The molecule has 2 atom stereocenters. The van der Waals surface area contributed by atoms with Crippen LogP contribution in [0.25, 0.3) is 0 Å². The Hall–Kier alpha value is -0.0800. The third kappa shape index (κ3) is 2.29. The quantitative estimate of drug-likeness (QED) is 0.707. The van der Waals surface area contributed by atoms with Gasteiger partial charge < -0.3 is 10.0 Å². The fraction of sp³-hybridized carbons (Fsp3) is 1.00. The van der Waals surface area contributed by atoms with Crippen LogP contribution in [0.15, 0.2) is 0 Å². The van der Waals surface area contributed by atoms with Crippen molar-refractivity contribution in [1.82, 2.24) is 4.90 Å². The minimum absolute atomic E-state index is 0.252. The Morgan fingerprint density at radius 3 is 2.50 bits per heavy atom. The van der Waals surface area contributed by atoms with Gasteiger partial charge in [-0.1, -0.05) is 20.8 Å². The summed E-state index contributed by atoms with van der Waals surface area (Å²) in [6, 6.07) is 0. The van der Waals surface area contributed by atoms with E-state index in [1.807, 2.05) is 0 Å². The van der Waals surface area contributed by atoms with Gasteiger partial charge in [0.25, 0.3) is 0 Å². The van der Waals surface area contributed by atoms with E-state index in [-0.39, 0.29) is 5.41 Å². The minimum atomic E-state index is 0.252. The van der Waals surface area contributed by atoms with E-state index < -0.39 is 0 Å². The molecule has 0 aromatic heterocycles. The van der Waals surface area contributed by atoms with E-state index in [2.05, 4.69) is 32.7 Å². The molecular formula is C12H25NO. The van der Waals surface area contributed by atoms with Crippen LogP contribution in [0, 0.1) is 17.3 Å². The number of hydrogen-bond donors (Lipinski definition) is 1. The summed E-state index contributed by atoms with van der Waals surface area (Å²) >= 11 is 0. The SMILES string of the molecule is CCCN(C)CC1CC1(CO)C(C)C. The molecule has 0 spiro atoms. The van der Waals surface area contributed by atoms with E-state index in [1.165, 1.54) is 19.4 Å². The van der Waals surface area contributed by atoms with Crippen molar-refractivity contribution in [2.75, 3.05) is 26.7 Å². The van der Waals surface area contributed by atoms with Crippen molar-refractivity contribution in [2.45, 2.75) is 33.6 Å². The Labute approximate surface area is 88.3 Å². The molecule has 0 aromatic rings. The van der Waals surface area contributed by atoms with Crippen LogP contribution < -0.4 is 0 Å². The maximum absolute atomic E-state index is 9.42. The van der Waals surface area contributed by atoms with Gasteiger partial charge in [-0.25, -0.2) is 0 Å². The predicted molar refractivity (Wildman–Crippen MR) is 60.3 cm³/mol. The van der Waals surface area contributed by atoms with E-state index in [9.17, 15) is 5.11 Å². The molecular weight excluding hydrogens is 174 g/mol. The fourth-order valence-corrected chi connectivity index (χ4v) is 2.58. The van der Waals surface area contributed by atoms with Crippen LogP contribution in [-0.2, 0) is 0 Å². The average molecular weight is 199 g/mol. The Balaban J connectivity index is 2.36. The van der Waals surface area contributed by atoms with Crippen LogP contribution in [0.4, 0.5) is 0 Å². The van der Waals surface area contributed by atoms with Gasteiger partial charge in [0.05, 0.1) is 0 Å². The first-order chi connectivity index (χ1) is 6.56. The molecule has 2 unspecified atom stereocenters. The molecule has 0 aromatic carbocycles. The van der Waals surface area contributed by atoms with E-state index >= 15 is 0 Å². The molecule has 0 saturated heterocycles. The highest BCUT2D eigenvalue weighted by Crippen LogP contribution is 2.57. The molecule has 0 amide bonds.